The van der Waals surface area contributed by atoms with E-state index in [0.29, 0.717) is 22.9 Å². The van der Waals surface area contributed by atoms with Crippen molar-refractivity contribution in [3.8, 4) is 0 Å². The van der Waals surface area contributed by atoms with Crippen molar-refractivity contribution in [1.29, 1.82) is 0 Å². The van der Waals surface area contributed by atoms with E-state index in [-0.39, 0.29) is 18.3 Å². The minimum atomic E-state index is -0.398. The summed E-state index contributed by atoms with van der Waals surface area (Å²) in [4.78, 5) is 11.9. The number of amides is 1. The maximum absolute atomic E-state index is 11.9. The number of nitrogens with one attached hydrogen (secondary N) is 1. The SMILES string of the molecule is CC(C)CC(C)(CN)NC(=O)c1ccc(Br)o1.Cl. The molecule has 0 bridgehead atoms. The van der Waals surface area contributed by atoms with Gasteiger partial charge in [0.15, 0.2) is 10.4 Å². The van der Waals surface area contributed by atoms with Crippen LogP contribution >= 0.6 is 28.3 Å². The van der Waals surface area contributed by atoms with Crippen LogP contribution in [0.4, 0.5) is 0 Å². The zero-order valence-corrected chi connectivity index (χ0v) is 13.2. The number of halogens is 2. The number of furan rings is 1. The van der Waals surface area contributed by atoms with Gasteiger partial charge in [0, 0.05) is 6.54 Å². The first kappa shape index (κ1) is 17.5. The summed E-state index contributed by atoms with van der Waals surface area (Å²) in [5, 5.41) is 2.93. The predicted molar refractivity (Wildman–Crippen MR) is 78.0 cm³/mol. The van der Waals surface area contributed by atoms with Gasteiger partial charge in [-0.2, -0.15) is 0 Å². The van der Waals surface area contributed by atoms with E-state index in [1.165, 1.54) is 0 Å². The highest BCUT2D eigenvalue weighted by atomic mass is 79.9. The van der Waals surface area contributed by atoms with Crippen molar-refractivity contribution in [1.82, 2.24) is 5.32 Å². The molecule has 18 heavy (non-hydrogen) atoms. The second kappa shape index (κ2) is 7.16. The molecule has 0 aliphatic carbocycles. The molecule has 0 aromatic carbocycles. The second-order valence-electron chi connectivity index (χ2n) is 4.92. The Kier molecular flexibility index (Phi) is 6.96. The van der Waals surface area contributed by atoms with E-state index >= 15 is 0 Å². The van der Waals surface area contributed by atoms with Crippen molar-refractivity contribution in [3.63, 3.8) is 0 Å². The molecule has 0 aliphatic rings. The topological polar surface area (TPSA) is 68.3 Å². The van der Waals surface area contributed by atoms with Crippen LogP contribution in [0.5, 0.6) is 0 Å². The fourth-order valence-corrected chi connectivity index (χ4v) is 2.17. The normalized spacial score (nSPS) is 13.9. The van der Waals surface area contributed by atoms with Gasteiger partial charge in [-0.25, -0.2) is 0 Å². The van der Waals surface area contributed by atoms with Gasteiger partial charge in [-0.3, -0.25) is 4.79 Å². The molecule has 1 unspecified atom stereocenters. The highest BCUT2D eigenvalue weighted by Gasteiger charge is 2.27. The summed E-state index contributed by atoms with van der Waals surface area (Å²) in [6.45, 7) is 6.55. The van der Waals surface area contributed by atoms with Gasteiger partial charge in [0.1, 0.15) is 0 Å². The molecule has 1 aromatic heterocycles. The molecule has 1 amide bonds. The molecule has 1 aromatic rings. The second-order valence-corrected chi connectivity index (χ2v) is 5.70. The molecule has 0 radical (unpaired) electrons. The summed E-state index contributed by atoms with van der Waals surface area (Å²) in [6, 6.07) is 3.32. The average Bonchev–Trinajstić information content (AvgIpc) is 2.63. The fourth-order valence-electron chi connectivity index (χ4n) is 1.86. The Bertz CT molecular complexity index is 395. The van der Waals surface area contributed by atoms with Crippen LogP contribution in [0.2, 0.25) is 0 Å². The van der Waals surface area contributed by atoms with Crippen molar-refractivity contribution in [2.75, 3.05) is 6.54 Å². The van der Waals surface area contributed by atoms with Gasteiger partial charge >= 0.3 is 0 Å². The highest BCUT2D eigenvalue weighted by molar-refractivity contribution is 9.10. The first-order chi connectivity index (χ1) is 7.86. The van der Waals surface area contributed by atoms with Crippen LogP contribution in [0.25, 0.3) is 0 Å². The Hall–Kier alpha value is -0.520. The Morgan fingerprint density at radius 2 is 2.17 bits per heavy atom. The lowest BCUT2D eigenvalue weighted by Gasteiger charge is -2.30. The lowest BCUT2D eigenvalue weighted by Crippen LogP contribution is -2.52. The van der Waals surface area contributed by atoms with Gasteiger partial charge in [-0.15, -0.1) is 12.4 Å². The van der Waals surface area contributed by atoms with Crippen LogP contribution in [0, 0.1) is 5.92 Å². The van der Waals surface area contributed by atoms with Gasteiger partial charge in [0.25, 0.3) is 5.91 Å². The first-order valence-corrected chi connectivity index (χ1v) is 6.43. The van der Waals surface area contributed by atoms with Gasteiger partial charge in [0.2, 0.25) is 0 Å². The molecule has 0 aliphatic heterocycles. The quantitative estimate of drug-likeness (QED) is 0.866. The lowest BCUT2D eigenvalue weighted by molar-refractivity contribution is 0.0868. The van der Waals surface area contributed by atoms with Crippen LogP contribution < -0.4 is 11.1 Å². The number of nitrogens with two attached hydrogens (primary N) is 1. The predicted octanol–water partition coefficient (Wildman–Crippen LogP) is 2.96. The van der Waals surface area contributed by atoms with E-state index in [9.17, 15) is 4.79 Å². The van der Waals surface area contributed by atoms with E-state index < -0.39 is 5.54 Å². The van der Waals surface area contributed by atoms with Crippen molar-refractivity contribution in [3.05, 3.63) is 22.6 Å². The molecule has 0 spiro atoms. The largest absolute Gasteiger partial charge is 0.444 e. The summed E-state index contributed by atoms with van der Waals surface area (Å²) in [6.07, 6.45) is 0.830. The minimum absolute atomic E-state index is 0. The summed E-state index contributed by atoms with van der Waals surface area (Å²) < 4.78 is 5.75. The summed E-state index contributed by atoms with van der Waals surface area (Å²) in [7, 11) is 0. The van der Waals surface area contributed by atoms with Crippen LogP contribution in [0.1, 0.15) is 37.7 Å². The number of carbonyl (C=O) groups excluding carboxylic acids is 1. The molecule has 1 atom stereocenters. The van der Waals surface area contributed by atoms with Crippen LogP contribution in [0.3, 0.4) is 0 Å². The fraction of sp³-hybridized carbons (Fsp3) is 0.583. The molecule has 0 saturated carbocycles. The van der Waals surface area contributed by atoms with Crippen molar-refractivity contribution < 1.29 is 9.21 Å². The van der Waals surface area contributed by atoms with Crippen molar-refractivity contribution in [2.45, 2.75) is 32.7 Å². The Morgan fingerprint density at radius 1 is 1.56 bits per heavy atom. The lowest BCUT2D eigenvalue weighted by atomic mass is 9.90. The van der Waals surface area contributed by atoms with Gasteiger partial charge in [0.05, 0.1) is 5.54 Å². The van der Waals surface area contributed by atoms with Crippen LogP contribution in [-0.4, -0.2) is 18.0 Å². The molecule has 4 nitrogen and oxygen atoms in total. The summed E-state index contributed by atoms with van der Waals surface area (Å²) >= 11 is 3.17. The molecular weight excluding hydrogens is 320 g/mol. The Labute approximate surface area is 122 Å². The molecule has 6 heteroatoms. The Morgan fingerprint density at radius 3 is 2.56 bits per heavy atom. The third kappa shape index (κ3) is 5.00. The molecule has 0 fully saturated rings. The number of hydrogen-bond donors (Lipinski definition) is 2. The molecule has 1 rings (SSSR count). The van der Waals surface area contributed by atoms with E-state index in [1.54, 1.807) is 12.1 Å². The first-order valence-electron chi connectivity index (χ1n) is 5.64. The third-order valence-electron chi connectivity index (χ3n) is 2.52. The highest BCUT2D eigenvalue weighted by Crippen LogP contribution is 2.18. The summed E-state index contributed by atoms with van der Waals surface area (Å²) in [5.41, 5.74) is 5.33. The summed E-state index contributed by atoms with van der Waals surface area (Å²) in [5.74, 6) is 0.525. The standard InChI is InChI=1S/C12H19BrN2O2.ClH/c1-8(2)6-12(3,7-14)15-11(16)9-4-5-10(13)17-9;/h4-5,8H,6-7,14H2,1-3H3,(H,15,16);1H. The van der Waals surface area contributed by atoms with Crippen molar-refractivity contribution in [2.24, 2.45) is 11.7 Å². The van der Waals surface area contributed by atoms with Gasteiger partial charge in [-0.1, -0.05) is 13.8 Å². The monoisotopic (exact) mass is 338 g/mol. The number of hydrogen-bond acceptors (Lipinski definition) is 3. The van der Waals surface area contributed by atoms with Gasteiger partial charge < -0.3 is 15.5 Å². The maximum Gasteiger partial charge on any atom is 0.287 e. The maximum atomic E-state index is 11.9. The smallest absolute Gasteiger partial charge is 0.287 e. The Balaban J connectivity index is 0.00000289. The third-order valence-corrected chi connectivity index (χ3v) is 2.95. The van der Waals surface area contributed by atoms with Crippen LogP contribution in [-0.2, 0) is 0 Å². The van der Waals surface area contributed by atoms with Crippen molar-refractivity contribution >= 4 is 34.2 Å². The van der Waals surface area contributed by atoms with E-state index in [2.05, 4.69) is 35.1 Å². The minimum Gasteiger partial charge on any atom is -0.444 e. The zero-order valence-electron chi connectivity index (χ0n) is 10.8. The van der Waals surface area contributed by atoms with E-state index in [0.717, 1.165) is 6.42 Å². The molecule has 0 saturated heterocycles. The zero-order chi connectivity index (χ0) is 13.1. The van der Waals surface area contributed by atoms with E-state index in [4.69, 9.17) is 10.2 Å². The molecule has 104 valence electrons. The van der Waals surface area contributed by atoms with Crippen LogP contribution in [0.15, 0.2) is 21.2 Å². The van der Waals surface area contributed by atoms with E-state index in [1.807, 2.05) is 6.92 Å². The molecule has 1 heterocycles. The average molecular weight is 340 g/mol. The molecule has 3 N–H and O–H groups in total. The molecular formula is C12H20BrClN2O2. The number of carbonyl (C=O) groups is 1. The van der Waals surface area contributed by atoms with Gasteiger partial charge in [-0.05, 0) is 47.3 Å². The number of rotatable bonds is 5.